The lowest BCUT2D eigenvalue weighted by Gasteiger charge is -2.19. The maximum atomic E-state index is 12.9. The van der Waals surface area contributed by atoms with Crippen LogP contribution >= 0.6 is 11.6 Å². The van der Waals surface area contributed by atoms with Gasteiger partial charge in [0.05, 0.1) is 17.2 Å². The van der Waals surface area contributed by atoms with Gasteiger partial charge in [0.1, 0.15) is 11.9 Å². The minimum Gasteiger partial charge on any atom is -0.492 e. The Hall–Kier alpha value is -1.72. The predicted molar refractivity (Wildman–Crippen MR) is 82.9 cm³/mol. The van der Waals surface area contributed by atoms with Crippen molar-refractivity contribution in [2.45, 2.75) is 26.1 Å². The van der Waals surface area contributed by atoms with Gasteiger partial charge in [-0.1, -0.05) is 29.8 Å². The quantitative estimate of drug-likeness (QED) is 0.831. The summed E-state index contributed by atoms with van der Waals surface area (Å²) >= 11 is 6.21. The highest BCUT2D eigenvalue weighted by Crippen LogP contribution is 2.38. The molecular formula is C17H16ClF3O2. The van der Waals surface area contributed by atoms with Gasteiger partial charge in [-0.3, -0.25) is 0 Å². The van der Waals surface area contributed by atoms with Crippen molar-refractivity contribution in [2.24, 2.45) is 0 Å². The number of ether oxygens (including phenoxy) is 1. The summed E-state index contributed by atoms with van der Waals surface area (Å²) in [7, 11) is 0. The van der Waals surface area contributed by atoms with E-state index < -0.39 is 17.8 Å². The van der Waals surface area contributed by atoms with Crippen molar-refractivity contribution in [2.75, 3.05) is 6.61 Å². The summed E-state index contributed by atoms with van der Waals surface area (Å²) in [6, 6.07) is 8.11. The molecule has 0 fully saturated rings. The molecule has 124 valence electrons. The van der Waals surface area contributed by atoms with E-state index in [1.165, 1.54) is 6.07 Å². The Labute approximate surface area is 137 Å². The number of benzene rings is 2. The molecule has 0 spiro atoms. The van der Waals surface area contributed by atoms with Crippen molar-refractivity contribution in [3.8, 4) is 5.75 Å². The van der Waals surface area contributed by atoms with Crippen LogP contribution in [0.25, 0.3) is 0 Å². The van der Waals surface area contributed by atoms with Gasteiger partial charge in [0.15, 0.2) is 0 Å². The summed E-state index contributed by atoms with van der Waals surface area (Å²) in [5.41, 5.74) is 0.202. The first kappa shape index (κ1) is 17.6. The van der Waals surface area contributed by atoms with E-state index in [2.05, 4.69) is 0 Å². The minimum absolute atomic E-state index is 0.162. The average Bonchev–Trinajstić information content (AvgIpc) is 2.48. The number of hydrogen-bond donors (Lipinski definition) is 1. The molecule has 0 bridgehead atoms. The van der Waals surface area contributed by atoms with E-state index in [0.29, 0.717) is 23.5 Å². The lowest BCUT2D eigenvalue weighted by atomic mass is 9.95. The van der Waals surface area contributed by atoms with Crippen LogP contribution in [-0.2, 0) is 6.18 Å². The van der Waals surface area contributed by atoms with Crippen molar-refractivity contribution in [3.05, 3.63) is 63.7 Å². The molecule has 2 nitrogen and oxygen atoms in total. The zero-order valence-corrected chi connectivity index (χ0v) is 13.4. The Morgan fingerprint density at radius 3 is 2.48 bits per heavy atom. The van der Waals surface area contributed by atoms with E-state index in [0.717, 1.165) is 12.1 Å². The standard InChI is InChI=1S/C17H16ClF3O2/c1-3-23-14-6-4-5-12(15(14)18)16(22)13-9-11(17(19,20)21)8-7-10(13)2/h4-9,16,22H,3H2,1-2H3. The first-order valence-corrected chi connectivity index (χ1v) is 7.40. The maximum absolute atomic E-state index is 12.9. The van der Waals surface area contributed by atoms with E-state index in [-0.39, 0.29) is 10.6 Å². The van der Waals surface area contributed by atoms with Crippen LogP contribution in [0.1, 0.15) is 35.3 Å². The first-order valence-electron chi connectivity index (χ1n) is 7.02. The van der Waals surface area contributed by atoms with Crippen molar-refractivity contribution >= 4 is 11.6 Å². The second-order valence-corrected chi connectivity index (χ2v) is 5.44. The Bertz CT molecular complexity index is 699. The number of rotatable bonds is 4. The fourth-order valence-corrected chi connectivity index (χ4v) is 2.57. The van der Waals surface area contributed by atoms with Gasteiger partial charge in [-0.15, -0.1) is 0 Å². The second kappa shape index (κ2) is 6.81. The molecule has 0 saturated heterocycles. The molecule has 0 aliphatic rings. The number of halogens is 4. The van der Waals surface area contributed by atoms with Crippen LogP contribution in [0, 0.1) is 6.92 Å². The van der Waals surface area contributed by atoms with Crippen LogP contribution in [0.2, 0.25) is 5.02 Å². The Kier molecular flexibility index (Phi) is 5.22. The molecule has 0 radical (unpaired) electrons. The molecule has 6 heteroatoms. The van der Waals surface area contributed by atoms with Crippen molar-refractivity contribution in [3.63, 3.8) is 0 Å². The third kappa shape index (κ3) is 3.79. The zero-order chi connectivity index (χ0) is 17.2. The van der Waals surface area contributed by atoms with E-state index in [4.69, 9.17) is 16.3 Å². The predicted octanol–water partition coefficient (Wildman–Crippen LogP) is 5.15. The van der Waals surface area contributed by atoms with E-state index in [1.54, 1.807) is 32.0 Å². The van der Waals surface area contributed by atoms with E-state index in [1.807, 2.05) is 0 Å². The molecule has 0 saturated carbocycles. The van der Waals surface area contributed by atoms with Crippen LogP contribution < -0.4 is 4.74 Å². The molecule has 0 aromatic heterocycles. The zero-order valence-electron chi connectivity index (χ0n) is 12.6. The monoisotopic (exact) mass is 344 g/mol. The van der Waals surface area contributed by atoms with Crippen LogP contribution in [0.5, 0.6) is 5.75 Å². The van der Waals surface area contributed by atoms with Gasteiger partial charge in [0.25, 0.3) is 0 Å². The van der Waals surface area contributed by atoms with Gasteiger partial charge in [-0.05, 0) is 43.2 Å². The molecule has 0 aliphatic carbocycles. The molecule has 2 rings (SSSR count). The van der Waals surface area contributed by atoms with Crippen molar-refractivity contribution < 1.29 is 23.0 Å². The number of aliphatic hydroxyl groups is 1. The fraction of sp³-hybridized carbons (Fsp3) is 0.294. The van der Waals surface area contributed by atoms with Gasteiger partial charge < -0.3 is 9.84 Å². The van der Waals surface area contributed by atoms with E-state index in [9.17, 15) is 18.3 Å². The lowest BCUT2D eigenvalue weighted by Crippen LogP contribution is -2.09. The molecule has 1 unspecified atom stereocenters. The number of aliphatic hydroxyl groups excluding tert-OH is 1. The first-order chi connectivity index (χ1) is 10.8. The number of aryl methyl sites for hydroxylation is 1. The van der Waals surface area contributed by atoms with Gasteiger partial charge >= 0.3 is 6.18 Å². The summed E-state index contributed by atoms with van der Waals surface area (Å²) in [6.45, 7) is 3.82. The summed E-state index contributed by atoms with van der Waals surface area (Å²) < 4.78 is 44.0. The normalized spacial score (nSPS) is 13.0. The topological polar surface area (TPSA) is 29.5 Å². The number of hydrogen-bond acceptors (Lipinski definition) is 2. The second-order valence-electron chi connectivity index (χ2n) is 5.06. The van der Waals surface area contributed by atoms with Gasteiger partial charge in [0, 0.05) is 5.56 Å². The van der Waals surface area contributed by atoms with Crippen molar-refractivity contribution in [1.82, 2.24) is 0 Å². The minimum atomic E-state index is -4.47. The van der Waals surface area contributed by atoms with Crippen LogP contribution in [0.3, 0.4) is 0 Å². The largest absolute Gasteiger partial charge is 0.492 e. The van der Waals surface area contributed by atoms with Gasteiger partial charge in [-0.25, -0.2) is 0 Å². The fourth-order valence-electron chi connectivity index (χ4n) is 2.28. The number of alkyl halides is 3. The molecule has 1 N–H and O–H groups in total. The molecule has 2 aromatic rings. The van der Waals surface area contributed by atoms with E-state index >= 15 is 0 Å². The van der Waals surface area contributed by atoms with Gasteiger partial charge in [0.2, 0.25) is 0 Å². The highest BCUT2D eigenvalue weighted by molar-refractivity contribution is 6.32. The Morgan fingerprint density at radius 1 is 1.17 bits per heavy atom. The summed E-state index contributed by atoms with van der Waals surface area (Å²) in [5.74, 6) is 0.385. The lowest BCUT2D eigenvalue weighted by molar-refractivity contribution is -0.137. The van der Waals surface area contributed by atoms with Crippen molar-refractivity contribution in [1.29, 1.82) is 0 Å². The molecule has 2 aromatic carbocycles. The molecule has 23 heavy (non-hydrogen) atoms. The summed E-state index contributed by atoms with van der Waals surface area (Å²) in [4.78, 5) is 0. The third-order valence-corrected chi connectivity index (χ3v) is 3.89. The summed E-state index contributed by atoms with van der Waals surface area (Å²) in [5, 5.41) is 10.7. The SMILES string of the molecule is CCOc1cccc(C(O)c2cc(C(F)(F)F)ccc2C)c1Cl. The summed E-state index contributed by atoms with van der Waals surface area (Å²) in [6.07, 6.45) is -5.75. The molecule has 1 atom stereocenters. The van der Waals surface area contributed by atoms with Crippen LogP contribution in [0.15, 0.2) is 36.4 Å². The maximum Gasteiger partial charge on any atom is 0.416 e. The van der Waals surface area contributed by atoms with Gasteiger partial charge in [-0.2, -0.15) is 13.2 Å². The molecule has 0 amide bonds. The third-order valence-electron chi connectivity index (χ3n) is 3.49. The van der Waals surface area contributed by atoms with Crippen LogP contribution in [-0.4, -0.2) is 11.7 Å². The Balaban J connectivity index is 2.49. The molecule has 0 heterocycles. The smallest absolute Gasteiger partial charge is 0.416 e. The van der Waals surface area contributed by atoms with Crippen LogP contribution in [0.4, 0.5) is 13.2 Å². The Morgan fingerprint density at radius 2 is 1.87 bits per heavy atom. The molecular weight excluding hydrogens is 329 g/mol. The highest BCUT2D eigenvalue weighted by atomic mass is 35.5. The highest BCUT2D eigenvalue weighted by Gasteiger charge is 2.31. The average molecular weight is 345 g/mol. The molecule has 0 aliphatic heterocycles.